The molecule has 3 aliphatic carbocycles. The second-order valence-corrected chi connectivity index (χ2v) is 17.2. The second-order valence-electron chi connectivity index (χ2n) is 17.2. The lowest BCUT2D eigenvalue weighted by Crippen LogP contribution is -2.82. The zero-order valence-electron chi connectivity index (χ0n) is 36.2. The van der Waals surface area contributed by atoms with E-state index in [2.05, 4.69) is 5.32 Å². The van der Waals surface area contributed by atoms with Crippen molar-refractivity contribution in [2.24, 2.45) is 16.7 Å². The van der Waals surface area contributed by atoms with Crippen LogP contribution in [-0.2, 0) is 42.9 Å². The van der Waals surface area contributed by atoms with Crippen LogP contribution in [-0.4, -0.2) is 105 Å². The minimum atomic E-state index is -2.73. The molecular formula is C47H51NO14. The van der Waals surface area contributed by atoms with E-state index in [0.717, 1.165) is 13.8 Å². The quantitative estimate of drug-likeness (QED) is 0.130. The molecule has 1 amide bonds. The molecule has 15 nitrogen and oxygen atoms in total. The van der Waals surface area contributed by atoms with E-state index in [4.69, 9.17) is 23.7 Å². The Morgan fingerprint density at radius 1 is 0.855 bits per heavy atom. The van der Waals surface area contributed by atoms with Gasteiger partial charge in [0, 0.05) is 37.7 Å². The number of benzene rings is 3. The third-order valence-electron chi connectivity index (χ3n) is 13.3. The van der Waals surface area contributed by atoms with Crippen molar-refractivity contribution >= 4 is 35.6 Å². The maximum atomic E-state index is 15.5. The number of amides is 1. The molecule has 1 aliphatic heterocycles. The average molecular weight is 856 g/mol. The van der Waals surface area contributed by atoms with Gasteiger partial charge in [0.1, 0.15) is 23.9 Å². The summed E-state index contributed by atoms with van der Waals surface area (Å²) in [4.78, 5) is 83.7. The van der Waals surface area contributed by atoms with Gasteiger partial charge in [-0.1, -0.05) is 80.6 Å². The number of aliphatic hydroxyl groups excluding tert-OH is 2. The van der Waals surface area contributed by atoms with E-state index >= 15 is 4.79 Å². The third kappa shape index (κ3) is 7.29. The van der Waals surface area contributed by atoms with Crippen molar-refractivity contribution in [2.45, 2.75) is 108 Å². The summed E-state index contributed by atoms with van der Waals surface area (Å²) >= 11 is 0. The van der Waals surface area contributed by atoms with Gasteiger partial charge < -0.3 is 44.3 Å². The van der Waals surface area contributed by atoms with Gasteiger partial charge >= 0.3 is 23.9 Å². The first-order valence-electron chi connectivity index (χ1n) is 20.8. The lowest BCUT2D eigenvalue weighted by molar-refractivity contribution is -0.346. The third-order valence-corrected chi connectivity index (χ3v) is 13.3. The molecule has 4 N–H and O–H groups in total. The highest BCUT2D eigenvalue weighted by Gasteiger charge is 2.78. The monoisotopic (exact) mass is 855 g/mol. The summed E-state index contributed by atoms with van der Waals surface area (Å²) in [5, 5.41) is 40.3. The van der Waals surface area contributed by atoms with Gasteiger partial charge in [0.2, 0.25) is 0 Å². The lowest BCUT2D eigenvalue weighted by atomic mass is 9.44. The highest BCUT2D eigenvalue weighted by molar-refractivity contribution is 5.96. The normalized spacial score (nSPS) is 33.3. The molecule has 11 atom stereocenters. The number of ether oxygens (including phenoxy) is 5. The van der Waals surface area contributed by atoms with E-state index in [1.807, 2.05) is 0 Å². The van der Waals surface area contributed by atoms with Crippen LogP contribution in [0.15, 0.2) is 102 Å². The van der Waals surface area contributed by atoms with Crippen LogP contribution < -0.4 is 5.32 Å². The molecule has 328 valence electrons. The molecular weight excluding hydrogens is 803 g/mol. The number of esters is 4. The largest absolute Gasteiger partial charge is 0.456 e. The number of ketones is 1. The minimum Gasteiger partial charge on any atom is -0.456 e. The van der Waals surface area contributed by atoms with Gasteiger partial charge in [0.05, 0.1) is 37.0 Å². The Labute approximate surface area is 359 Å². The van der Waals surface area contributed by atoms with Gasteiger partial charge in [-0.05, 0) is 54.8 Å². The van der Waals surface area contributed by atoms with Gasteiger partial charge in [0.15, 0.2) is 23.6 Å². The molecule has 2 saturated carbocycles. The van der Waals surface area contributed by atoms with Crippen LogP contribution in [0.1, 0.15) is 88.1 Å². The highest BCUT2D eigenvalue weighted by Crippen LogP contribution is 2.64. The fraction of sp³-hybridized carbons (Fsp3) is 0.447. The first-order valence-corrected chi connectivity index (χ1v) is 20.3. The van der Waals surface area contributed by atoms with Crippen molar-refractivity contribution in [2.75, 3.05) is 6.61 Å². The number of hydrogen-bond acceptors (Lipinski definition) is 14. The van der Waals surface area contributed by atoms with Crippen LogP contribution in [0, 0.1) is 16.7 Å². The number of aliphatic hydroxyl groups is 3. The van der Waals surface area contributed by atoms with E-state index in [1.54, 1.807) is 66.7 Å². The van der Waals surface area contributed by atoms with E-state index in [0.29, 0.717) is 5.56 Å². The maximum Gasteiger partial charge on any atom is 0.338 e. The standard InChI is InChI=1S/C47H51NO14/c1-25-31(60-43(56)36(52)35(28-16-10-7-11-17-28)48-41(54)29-18-12-8-13-19-29)23-47(57)40(61-42(55)30-20-14-9-15-21-30)38-45(6,32(51)22-33-46(38,24-58-33)62-27(3)50)39(53)37(59-26(2)49)34(25)44(47,4)5/h7-21,31-33,35-38,40,51-52,57H,22-24H2,1-6H3,(H,48,54)/t31-,32-,33+,35-,36+,37+,38-,40-,45+,46-,47+/m0/s1/i31T. The van der Waals surface area contributed by atoms with E-state index in [-0.39, 0.29) is 35.3 Å². The molecule has 1 heterocycles. The summed E-state index contributed by atoms with van der Waals surface area (Å²) in [6, 6.07) is 22.4. The van der Waals surface area contributed by atoms with E-state index in [1.165, 1.54) is 52.0 Å². The zero-order chi connectivity index (χ0) is 45.9. The molecule has 2 bridgehead atoms. The average Bonchev–Trinajstić information content (AvgIpc) is 3.24. The highest BCUT2D eigenvalue weighted by atomic mass is 16.6. The van der Waals surface area contributed by atoms with Crippen molar-refractivity contribution < 1.29 is 69.1 Å². The SMILES string of the molecule is [3H][C@]1(OC(=O)[C@H](O)[C@@H](NC(=O)c2ccccc2)c2ccccc2)C[C@@]2(O)[C@@H](OC(=O)c3ccccc3)[C@@H]3[C@]4(OC(C)=O)CO[C@@H]4C[C@H](O)[C@@]3(C)C(=O)[C@H](OC(C)=O)C(=C1C)C2(C)C. The van der Waals surface area contributed by atoms with Gasteiger partial charge in [-0.15, -0.1) is 0 Å². The molecule has 3 aromatic carbocycles. The number of hydrogen-bond donors (Lipinski definition) is 4. The molecule has 62 heavy (non-hydrogen) atoms. The Kier molecular flexibility index (Phi) is 11.4. The Bertz CT molecular complexity index is 2340. The second kappa shape index (κ2) is 16.5. The Morgan fingerprint density at radius 2 is 1.44 bits per heavy atom. The van der Waals surface area contributed by atoms with Crippen molar-refractivity contribution in [3.63, 3.8) is 0 Å². The van der Waals surface area contributed by atoms with Crippen LogP contribution in [0.5, 0.6) is 0 Å². The van der Waals surface area contributed by atoms with E-state index in [9.17, 15) is 40.7 Å². The zero-order valence-corrected chi connectivity index (χ0v) is 35.2. The van der Waals surface area contributed by atoms with Crippen molar-refractivity contribution in [3.05, 3.63) is 119 Å². The van der Waals surface area contributed by atoms with Gasteiger partial charge in [-0.2, -0.15) is 0 Å². The number of rotatable bonds is 10. The van der Waals surface area contributed by atoms with Crippen LogP contribution >= 0.6 is 0 Å². The fourth-order valence-electron chi connectivity index (χ4n) is 9.97. The number of nitrogens with one attached hydrogen (secondary N) is 1. The van der Waals surface area contributed by atoms with Gasteiger partial charge in [0.25, 0.3) is 5.91 Å². The first-order chi connectivity index (χ1) is 29.6. The molecule has 4 aliphatic rings. The number of carbonyl (C=O) groups excluding carboxylic acids is 6. The van der Waals surface area contributed by atoms with Crippen LogP contribution in [0.3, 0.4) is 0 Å². The summed E-state index contributed by atoms with van der Waals surface area (Å²) in [6.07, 6.45) is -12.7. The molecule has 3 aromatic rings. The Morgan fingerprint density at radius 3 is 1.98 bits per heavy atom. The fourth-order valence-corrected chi connectivity index (χ4v) is 9.97. The van der Waals surface area contributed by atoms with Gasteiger partial charge in [-0.25, -0.2) is 9.59 Å². The first kappa shape index (κ1) is 42.9. The summed E-state index contributed by atoms with van der Waals surface area (Å²) < 4.78 is 40.0. The smallest absolute Gasteiger partial charge is 0.338 e. The molecule has 15 heteroatoms. The molecule has 7 rings (SSSR count). The predicted octanol–water partition coefficient (Wildman–Crippen LogP) is 3.74. The van der Waals surface area contributed by atoms with Crippen LogP contribution in [0.25, 0.3) is 0 Å². The summed E-state index contributed by atoms with van der Waals surface area (Å²) in [7, 11) is 0. The molecule has 3 fully saturated rings. The molecule has 0 aromatic heterocycles. The Hall–Kier alpha value is -5.74. The predicted molar refractivity (Wildman–Crippen MR) is 218 cm³/mol. The Balaban J connectivity index is 1.42. The lowest BCUT2D eigenvalue weighted by Gasteiger charge is -2.67. The minimum absolute atomic E-state index is 0.0186. The van der Waals surface area contributed by atoms with Gasteiger partial charge in [-0.3, -0.25) is 19.2 Å². The summed E-state index contributed by atoms with van der Waals surface area (Å²) in [6.45, 7) is 7.46. The topological polar surface area (TPSA) is 221 Å². The molecule has 0 radical (unpaired) electrons. The molecule has 1 saturated heterocycles. The summed E-state index contributed by atoms with van der Waals surface area (Å²) in [5.74, 6) is -7.45. The molecule has 0 spiro atoms. The van der Waals surface area contributed by atoms with Crippen LogP contribution in [0.4, 0.5) is 0 Å². The number of Topliss-reactive ketones (excluding diaryl/α,β-unsaturated/α-hetero) is 1. The van der Waals surface area contributed by atoms with Crippen molar-refractivity contribution in [1.29, 1.82) is 0 Å². The maximum absolute atomic E-state index is 15.5. The number of carbonyl (C=O) groups is 6. The summed E-state index contributed by atoms with van der Waals surface area (Å²) in [5.41, 5.74) is -8.24. The molecule has 0 unspecified atom stereocenters. The van der Waals surface area contributed by atoms with E-state index < -0.39 is 113 Å². The number of fused-ring (bicyclic) bond motifs is 5. The van der Waals surface area contributed by atoms with Crippen molar-refractivity contribution in [3.8, 4) is 0 Å². The van der Waals surface area contributed by atoms with Crippen LogP contribution in [0.2, 0.25) is 0 Å². The van der Waals surface area contributed by atoms with Crippen molar-refractivity contribution in [1.82, 2.24) is 5.32 Å².